The van der Waals surface area contributed by atoms with Crippen LogP contribution in [-0.2, 0) is 0 Å². The molecule has 0 unspecified atom stereocenters. The van der Waals surface area contributed by atoms with Gasteiger partial charge in [0.15, 0.2) is 11.5 Å². The van der Waals surface area contributed by atoms with Crippen LogP contribution in [-0.4, -0.2) is 38.0 Å². The van der Waals surface area contributed by atoms with Crippen LogP contribution < -0.4 is 4.90 Å². The number of phenolic OH excluding ortho intramolecular Hbond substituents is 1. The monoisotopic (exact) mass is 335 g/mol. The highest BCUT2D eigenvalue weighted by Gasteiger charge is 2.29. The van der Waals surface area contributed by atoms with Gasteiger partial charge in [0.2, 0.25) is 0 Å². The van der Waals surface area contributed by atoms with E-state index >= 15 is 0 Å². The van der Waals surface area contributed by atoms with E-state index in [4.69, 9.17) is 5.10 Å². The summed E-state index contributed by atoms with van der Waals surface area (Å²) in [5.74, 6) is 3.45. The van der Waals surface area contributed by atoms with Crippen LogP contribution in [0.4, 0.5) is 5.82 Å². The fraction of sp³-hybridized carbons (Fsp3) is 0.421. The average molecular weight is 335 g/mol. The first kappa shape index (κ1) is 14.7. The lowest BCUT2D eigenvalue weighted by molar-refractivity contribution is 0.472. The van der Waals surface area contributed by atoms with E-state index in [1.165, 1.54) is 18.4 Å². The van der Waals surface area contributed by atoms with Gasteiger partial charge in [-0.2, -0.15) is 4.52 Å². The molecule has 1 aliphatic heterocycles. The van der Waals surface area contributed by atoms with Gasteiger partial charge in [0.25, 0.3) is 0 Å². The zero-order valence-corrected chi connectivity index (χ0v) is 14.0. The minimum atomic E-state index is 0.332. The highest BCUT2D eigenvalue weighted by molar-refractivity contribution is 5.46. The second kappa shape index (κ2) is 5.72. The van der Waals surface area contributed by atoms with Crippen molar-refractivity contribution in [1.82, 2.24) is 19.8 Å². The lowest BCUT2D eigenvalue weighted by Gasteiger charge is -2.33. The van der Waals surface area contributed by atoms with Gasteiger partial charge >= 0.3 is 0 Å². The Morgan fingerprint density at radius 2 is 1.60 bits per heavy atom. The van der Waals surface area contributed by atoms with Crippen molar-refractivity contribution in [3.63, 3.8) is 0 Å². The van der Waals surface area contributed by atoms with E-state index in [1.807, 2.05) is 22.7 Å². The first-order valence-corrected chi connectivity index (χ1v) is 9.04. The maximum Gasteiger partial charge on any atom is 0.178 e. The zero-order chi connectivity index (χ0) is 16.8. The van der Waals surface area contributed by atoms with Crippen molar-refractivity contribution in [1.29, 1.82) is 0 Å². The molecule has 6 heteroatoms. The highest BCUT2D eigenvalue weighted by Crippen LogP contribution is 2.39. The van der Waals surface area contributed by atoms with Gasteiger partial charge < -0.3 is 10.0 Å². The zero-order valence-electron chi connectivity index (χ0n) is 14.0. The molecular formula is C19H21N5O. The van der Waals surface area contributed by atoms with Gasteiger partial charge in [-0.05, 0) is 61.4 Å². The molecule has 0 bridgehead atoms. The number of anilines is 1. The SMILES string of the molecule is Oc1ccc(C2CCN(c3ccc4nnc(C5CC5)n4n3)CC2)cc1. The Kier molecular flexibility index (Phi) is 3.36. The van der Waals surface area contributed by atoms with Gasteiger partial charge in [-0.15, -0.1) is 15.3 Å². The Morgan fingerprint density at radius 1 is 0.840 bits per heavy atom. The third-order valence-corrected chi connectivity index (χ3v) is 5.40. The molecule has 3 heterocycles. The molecule has 2 aliphatic rings. The van der Waals surface area contributed by atoms with Crippen molar-refractivity contribution in [2.75, 3.05) is 18.0 Å². The minimum absolute atomic E-state index is 0.332. The average Bonchev–Trinajstić information content (AvgIpc) is 3.41. The number of hydrogen-bond acceptors (Lipinski definition) is 5. The summed E-state index contributed by atoms with van der Waals surface area (Å²) in [7, 11) is 0. The molecule has 0 spiro atoms. The molecule has 2 fully saturated rings. The first-order chi connectivity index (χ1) is 12.3. The molecule has 1 aliphatic carbocycles. The molecular weight excluding hydrogens is 314 g/mol. The van der Waals surface area contributed by atoms with Gasteiger partial charge in [-0.1, -0.05) is 12.1 Å². The summed E-state index contributed by atoms with van der Waals surface area (Å²) in [6, 6.07) is 11.7. The van der Waals surface area contributed by atoms with Crippen molar-refractivity contribution in [3.8, 4) is 5.75 Å². The molecule has 2 aromatic heterocycles. The van der Waals surface area contributed by atoms with Crippen LogP contribution in [0, 0.1) is 0 Å². The molecule has 5 rings (SSSR count). The first-order valence-electron chi connectivity index (χ1n) is 9.04. The van der Waals surface area contributed by atoms with Crippen molar-refractivity contribution in [3.05, 3.63) is 47.8 Å². The smallest absolute Gasteiger partial charge is 0.178 e. The number of fused-ring (bicyclic) bond motifs is 1. The van der Waals surface area contributed by atoms with Crippen LogP contribution in [0.3, 0.4) is 0 Å². The summed E-state index contributed by atoms with van der Waals surface area (Å²) in [6.45, 7) is 1.98. The Morgan fingerprint density at radius 3 is 2.32 bits per heavy atom. The highest BCUT2D eigenvalue weighted by atomic mass is 16.3. The predicted octanol–water partition coefficient (Wildman–Crippen LogP) is 3.09. The maximum absolute atomic E-state index is 9.45. The number of rotatable bonds is 3. The number of aromatic nitrogens is 4. The summed E-state index contributed by atoms with van der Waals surface area (Å²) in [6.07, 6.45) is 4.60. The number of benzene rings is 1. The summed E-state index contributed by atoms with van der Waals surface area (Å²) >= 11 is 0. The second-order valence-electron chi connectivity index (χ2n) is 7.15. The number of hydrogen-bond donors (Lipinski definition) is 1. The van der Waals surface area contributed by atoms with E-state index in [2.05, 4.69) is 21.2 Å². The molecule has 0 radical (unpaired) electrons. The number of piperidine rings is 1. The molecule has 1 aromatic carbocycles. The normalized spacial score (nSPS) is 18.8. The van der Waals surface area contributed by atoms with Gasteiger partial charge in [0.05, 0.1) is 0 Å². The molecule has 0 amide bonds. The Balaban J connectivity index is 1.34. The Bertz CT molecular complexity index is 892. The van der Waals surface area contributed by atoms with Gasteiger partial charge in [0, 0.05) is 19.0 Å². The van der Waals surface area contributed by atoms with E-state index in [0.29, 0.717) is 17.6 Å². The lowest BCUT2D eigenvalue weighted by atomic mass is 9.89. The van der Waals surface area contributed by atoms with Crippen LogP contribution in [0.15, 0.2) is 36.4 Å². The van der Waals surface area contributed by atoms with E-state index in [0.717, 1.165) is 43.2 Å². The topological polar surface area (TPSA) is 66.5 Å². The molecule has 6 nitrogen and oxygen atoms in total. The quantitative estimate of drug-likeness (QED) is 0.797. The van der Waals surface area contributed by atoms with Crippen LogP contribution in [0.5, 0.6) is 5.75 Å². The van der Waals surface area contributed by atoms with Crippen LogP contribution in [0.2, 0.25) is 0 Å². The standard InChI is InChI=1S/C19H21N5O/c25-16-5-3-13(4-6-16)14-9-11-23(12-10-14)18-8-7-17-20-21-19(15-1-2-15)24(17)22-18/h3-8,14-15,25H,1-2,9-12H2. The molecule has 25 heavy (non-hydrogen) atoms. The van der Waals surface area contributed by atoms with Crippen LogP contribution in [0.25, 0.3) is 5.65 Å². The molecule has 1 saturated carbocycles. The molecule has 0 atom stereocenters. The molecule has 1 N–H and O–H groups in total. The summed E-state index contributed by atoms with van der Waals surface area (Å²) < 4.78 is 1.93. The van der Waals surface area contributed by atoms with Gasteiger partial charge in [-0.25, -0.2) is 0 Å². The Labute approximate surface area is 146 Å². The third-order valence-electron chi connectivity index (χ3n) is 5.40. The van der Waals surface area contributed by atoms with Crippen molar-refractivity contribution in [2.45, 2.75) is 37.5 Å². The lowest BCUT2D eigenvalue weighted by Crippen LogP contribution is -2.33. The number of aromatic hydroxyl groups is 1. The third kappa shape index (κ3) is 2.71. The fourth-order valence-electron chi connectivity index (χ4n) is 3.75. The number of nitrogens with zero attached hydrogens (tertiary/aromatic N) is 5. The largest absolute Gasteiger partial charge is 0.508 e. The van der Waals surface area contributed by atoms with Gasteiger partial charge in [-0.3, -0.25) is 0 Å². The second-order valence-corrected chi connectivity index (χ2v) is 7.15. The fourth-order valence-corrected chi connectivity index (χ4v) is 3.75. The molecule has 3 aromatic rings. The van der Waals surface area contributed by atoms with Gasteiger partial charge in [0.1, 0.15) is 11.6 Å². The number of phenols is 1. The van der Waals surface area contributed by atoms with Crippen molar-refractivity contribution in [2.24, 2.45) is 0 Å². The minimum Gasteiger partial charge on any atom is -0.508 e. The van der Waals surface area contributed by atoms with E-state index < -0.39 is 0 Å². The van der Waals surface area contributed by atoms with Crippen LogP contribution in [0.1, 0.15) is 48.9 Å². The summed E-state index contributed by atoms with van der Waals surface area (Å²) in [5, 5.41) is 22.8. The van der Waals surface area contributed by atoms with Crippen molar-refractivity contribution >= 4 is 11.5 Å². The maximum atomic E-state index is 9.45. The van der Waals surface area contributed by atoms with E-state index in [-0.39, 0.29) is 0 Å². The van der Waals surface area contributed by atoms with E-state index in [9.17, 15) is 5.11 Å². The molecule has 128 valence electrons. The summed E-state index contributed by atoms with van der Waals surface area (Å²) in [5.41, 5.74) is 2.15. The Hall–Kier alpha value is -2.63. The predicted molar refractivity (Wildman–Crippen MR) is 95.1 cm³/mol. The van der Waals surface area contributed by atoms with Crippen molar-refractivity contribution < 1.29 is 5.11 Å². The van der Waals surface area contributed by atoms with Crippen LogP contribution >= 0.6 is 0 Å². The summed E-state index contributed by atoms with van der Waals surface area (Å²) in [4.78, 5) is 2.35. The molecule has 1 saturated heterocycles. The van der Waals surface area contributed by atoms with E-state index in [1.54, 1.807) is 12.1 Å².